The van der Waals surface area contributed by atoms with Gasteiger partial charge in [0.2, 0.25) is 0 Å². The number of rotatable bonds is 5. The Morgan fingerprint density at radius 3 is 2.26 bits per heavy atom. The molecule has 0 saturated carbocycles. The van der Waals surface area contributed by atoms with Crippen LogP contribution in [0.1, 0.15) is 10.4 Å². The molecule has 27 heavy (non-hydrogen) atoms. The van der Waals surface area contributed by atoms with Crippen molar-refractivity contribution in [3.8, 4) is 11.5 Å². The summed E-state index contributed by atoms with van der Waals surface area (Å²) in [4.78, 5) is 28.4. The lowest BCUT2D eigenvalue weighted by Gasteiger charge is -2.34. The van der Waals surface area contributed by atoms with Crippen molar-refractivity contribution in [1.29, 1.82) is 0 Å². The minimum absolute atomic E-state index is 0.0417. The third-order valence-corrected chi connectivity index (χ3v) is 4.65. The summed E-state index contributed by atoms with van der Waals surface area (Å²) in [6, 6.07) is 14.0. The van der Waals surface area contributed by atoms with Gasteiger partial charge in [0.05, 0.1) is 7.11 Å². The van der Waals surface area contributed by atoms with E-state index in [1.165, 1.54) is 0 Å². The number of piperazine rings is 1. The third-order valence-electron chi connectivity index (χ3n) is 4.41. The zero-order valence-corrected chi connectivity index (χ0v) is 15.8. The Morgan fingerprint density at radius 1 is 0.963 bits per heavy atom. The van der Waals surface area contributed by atoms with Gasteiger partial charge in [-0.1, -0.05) is 17.7 Å². The van der Waals surface area contributed by atoms with Gasteiger partial charge in [-0.2, -0.15) is 0 Å². The van der Waals surface area contributed by atoms with Crippen molar-refractivity contribution < 1.29 is 19.1 Å². The number of carbonyl (C=O) groups is 2. The Hall–Kier alpha value is -2.73. The van der Waals surface area contributed by atoms with Crippen LogP contribution >= 0.6 is 11.6 Å². The van der Waals surface area contributed by atoms with E-state index < -0.39 is 0 Å². The van der Waals surface area contributed by atoms with E-state index in [4.69, 9.17) is 21.1 Å². The Kier molecular flexibility index (Phi) is 6.19. The molecule has 0 radical (unpaired) electrons. The first-order chi connectivity index (χ1) is 13.1. The number of methoxy groups -OCH3 is 1. The molecule has 1 saturated heterocycles. The second kappa shape index (κ2) is 8.77. The van der Waals surface area contributed by atoms with Crippen LogP contribution in [0.2, 0.25) is 5.02 Å². The van der Waals surface area contributed by atoms with E-state index in [0.717, 1.165) is 0 Å². The summed E-state index contributed by atoms with van der Waals surface area (Å²) >= 11 is 5.90. The van der Waals surface area contributed by atoms with E-state index in [1.54, 1.807) is 65.4 Å². The first-order valence-electron chi connectivity index (χ1n) is 8.66. The number of halogens is 1. The average Bonchev–Trinajstić information content (AvgIpc) is 2.72. The highest BCUT2D eigenvalue weighted by atomic mass is 35.5. The van der Waals surface area contributed by atoms with Gasteiger partial charge in [-0.3, -0.25) is 9.59 Å². The van der Waals surface area contributed by atoms with Gasteiger partial charge in [-0.15, -0.1) is 0 Å². The summed E-state index contributed by atoms with van der Waals surface area (Å²) in [6.45, 7) is 1.91. The molecule has 6 nitrogen and oxygen atoms in total. The van der Waals surface area contributed by atoms with Crippen molar-refractivity contribution in [3.63, 3.8) is 0 Å². The fraction of sp³-hybridized carbons (Fsp3) is 0.300. The predicted molar refractivity (Wildman–Crippen MR) is 102 cm³/mol. The summed E-state index contributed by atoms with van der Waals surface area (Å²) in [6.07, 6.45) is 0. The van der Waals surface area contributed by atoms with Crippen LogP contribution in [0.5, 0.6) is 11.5 Å². The molecule has 3 rings (SSSR count). The van der Waals surface area contributed by atoms with Crippen LogP contribution in [-0.2, 0) is 4.79 Å². The Balaban J connectivity index is 1.48. The van der Waals surface area contributed by atoms with Crippen molar-refractivity contribution in [1.82, 2.24) is 9.80 Å². The molecule has 1 aliphatic heterocycles. The molecule has 0 aromatic heterocycles. The Labute approximate surface area is 163 Å². The largest absolute Gasteiger partial charge is 0.497 e. The summed E-state index contributed by atoms with van der Waals surface area (Å²) in [7, 11) is 1.59. The lowest BCUT2D eigenvalue weighted by atomic mass is 10.1. The lowest BCUT2D eigenvalue weighted by Crippen LogP contribution is -2.51. The molecule has 1 heterocycles. The molecule has 0 atom stereocenters. The van der Waals surface area contributed by atoms with Crippen LogP contribution in [-0.4, -0.2) is 61.5 Å². The van der Waals surface area contributed by atoms with Crippen molar-refractivity contribution in [3.05, 3.63) is 59.1 Å². The molecule has 2 aromatic carbocycles. The van der Waals surface area contributed by atoms with Gasteiger partial charge >= 0.3 is 0 Å². The Morgan fingerprint density at radius 2 is 1.63 bits per heavy atom. The van der Waals surface area contributed by atoms with E-state index in [0.29, 0.717) is 48.3 Å². The van der Waals surface area contributed by atoms with Gasteiger partial charge < -0.3 is 19.3 Å². The van der Waals surface area contributed by atoms with Crippen molar-refractivity contribution in [2.24, 2.45) is 0 Å². The Bertz CT molecular complexity index is 802. The molecule has 0 N–H and O–H groups in total. The smallest absolute Gasteiger partial charge is 0.260 e. The van der Waals surface area contributed by atoms with Gasteiger partial charge in [-0.25, -0.2) is 0 Å². The van der Waals surface area contributed by atoms with Crippen molar-refractivity contribution in [2.75, 3.05) is 39.9 Å². The van der Waals surface area contributed by atoms with Gasteiger partial charge in [0.15, 0.2) is 6.61 Å². The first kappa shape index (κ1) is 19.0. The fourth-order valence-corrected chi connectivity index (χ4v) is 3.05. The molecular weight excluding hydrogens is 368 g/mol. The summed E-state index contributed by atoms with van der Waals surface area (Å²) in [5, 5.41) is 0.561. The maximum atomic E-state index is 12.6. The third kappa shape index (κ3) is 4.92. The van der Waals surface area contributed by atoms with Crippen LogP contribution < -0.4 is 9.47 Å². The molecule has 1 aliphatic rings. The van der Waals surface area contributed by atoms with E-state index >= 15 is 0 Å². The number of hydrogen-bond donors (Lipinski definition) is 0. The molecule has 7 heteroatoms. The summed E-state index contributed by atoms with van der Waals surface area (Å²) in [5.41, 5.74) is 0.611. The highest BCUT2D eigenvalue weighted by Crippen LogP contribution is 2.17. The fourth-order valence-electron chi connectivity index (χ4n) is 2.87. The predicted octanol–water partition coefficient (Wildman–Crippen LogP) is 2.71. The van der Waals surface area contributed by atoms with Gasteiger partial charge in [-0.05, 0) is 42.5 Å². The van der Waals surface area contributed by atoms with E-state index in [1.807, 2.05) is 0 Å². The van der Waals surface area contributed by atoms with Gasteiger partial charge in [0.1, 0.15) is 11.5 Å². The second-order valence-corrected chi connectivity index (χ2v) is 6.58. The second-order valence-electron chi connectivity index (χ2n) is 6.15. The number of carbonyl (C=O) groups excluding carboxylic acids is 2. The van der Waals surface area contributed by atoms with Gasteiger partial charge in [0.25, 0.3) is 11.8 Å². The van der Waals surface area contributed by atoms with Gasteiger partial charge in [0, 0.05) is 36.8 Å². The topological polar surface area (TPSA) is 59.1 Å². The van der Waals surface area contributed by atoms with E-state index in [-0.39, 0.29) is 18.4 Å². The zero-order chi connectivity index (χ0) is 19.2. The van der Waals surface area contributed by atoms with Crippen LogP contribution in [0.4, 0.5) is 0 Å². The normalized spacial score (nSPS) is 14.0. The standard InChI is InChI=1S/C20H21ClN2O4/c1-26-17-7-5-15(6-8-17)20(25)23-11-9-22(10-12-23)19(24)14-27-18-4-2-3-16(21)13-18/h2-8,13H,9-12,14H2,1H3. The van der Waals surface area contributed by atoms with Crippen molar-refractivity contribution in [2.45, 2.75) is 0 Å². The minimum atomic E-state index is -0.105. The highest BCUT2D eigenvalue weighted by molar-refractivity contribution is 6.30. The number of nitrogens with zero attached hydrogens (tertiary/aromatic N) is 2. The molecule has 0 spiro atoms. The molecule has 2 amide bonds. The molecule has 1 fully saturated rings. The molecule has 2 aromatic rings. The minimum Gasteiger partial charge on any atom is -0.497 e. The zero-order valence-electron chi connectivity index (χ0n) is 15.1. The molecule has 0 unspecified atom stereocenters. The average molecular weight is 389 g/mol. The maximum absolute atomic E-state index is 12.6. The number of hydrogen-bond acceptors (Lipinski definition) is 4. The highest BCUT2D eigenvalue weighted by Gasteiger charge is 2.25. The molecule has 0 aliphatic carbocycles. The summed E-state index contributed by atoms with van der Waals surface area (Å²) in [5.74, 6) is 1.12. The lowest BCUT2D eigenvalue weighted by molar-refractivity contribution is -0.134. The maximum Gasteiger partial charge on any atom is 0.260 e. The summed E-state index contributed by atoms with van der Waals surface area (Å²) < 4.78 is 10.6. The van der Waals surface area contributed by atoms with Crippen LogP contribution in [0.3, 0.4) is 0 Å². The molecular formula is C20H21ClN2O4. The van der Waals surface area contributed by atoms with E-state index in [9.17, 15) is 9.59 Å². The van der Waals surface area contributed by atoms with Crippen LogP contribution in [0, 0.1) is 0 Å². The van der Waals surface area contributed by atoms with Crippen molar-refractivity contribution >= 4 is 23.4 Å². The SMILES string of the molecule is COc1ccc(C(=O)N2CCN(C(=O)COc3cccc(Cl)c3)CC2)cc1. The van der Waals surface area contributed by atoms with Crippen LogP contribution in [0.15, 0.2) is 48.5 Å². The van der Waals surface area contributed by atoms with E-state index in [2.05, 4.69) is 0 Å². The molecule has 0 bridgehead atoms. The monoisotopic (exact) mass is 388 g/mol. The van der Waals surface area contributed by atoms with Crippen LogP contribution in [0.25, 0.3) is 0 Å². The number of amides is 2. The quantitative estimate of drug-likeness (QED) is 0.790. The molecule has 142 valence electrons. The number of benzene rings is 2. The first-order valence-corrected chi connectivity index (χ1v) is 9.04. The number of ether oxygens (including phenoxy) is 2.